The Labute approximate surface area is 73.3 Å². The summed E-state index contributed by atoms with van der Waals surface area (Å²) in [5.74, 6) is 0.532. The van der Waals surface area contributed by atoms with Gasteiger partial charge in [-0.05, 0) is 0 Å². The largest absolute Gasteiger partial charge is 0.327 e. The molecule has 0 bridgehead atoms. The van der Waals surface area contributed by atoms with Crippen molar-refractivity contribution in [2.75, 3.05) is 12.0 Å². The van der Waals surface area contributed by atoms with Crippen LogP contribution in [0.4, 0.5) is 0 Å². The summed E-state index contributed by atoms with van der Waals surface area (Å²) >= 11 is 0. The van der Waals surface area contributed by atoms with Crippen molar-refractivity contribution in [3.63, 3.8) is 0 Å². The molecule has 1 aromatic heterocycles. The lowest BCUT2D eigenvalue weighted by atomic mass is 10.7. The molecule has 0 radical (unpaired) electrons. The molecule has 0 aliphatic heterocycles. The topological polar surface area (TPSA) is 44.0 Å². The quantitative estimate of drug-likeness (QED) is 0.646. The molecule has 1 aromatic rings. The van der Waals surface area contributed by atoms with E-state index in [4.69, 9.17) is 0 Å². The second-order valence-electron chi connectivity index (χ2n) is 2.66. The molecule has 0 spiro atoms. The first-order chi connectivity index (χ1) is 5.61. The molecule has 0 fully saturated rings. The Kier molecular flexibility index (Phi) is 2.86. The molecule has 1 unspecified atom stereocenters. The lowest BCUT2D eigenvalue weighted by molar-refractivity contribution is 0.666. The Morgan fingerprint density at radius 3 is 2.58 bits per heavy atom. The fourth-order valence-electron chi connectivity index (χ4n) is 0.908. The molecule has 4 nitrogen and oxygen atoms in total. The minimum atomic E-state index is -0.834. The summed E-state index contributed by atoms with van der Waals surface area (Å²) in [5, 5.41) is 0. The van der Waals surface area contributed by atoms with Crippen LogP contribution in [0.25, 0.3) is 0 Å². The van der Waals surface area contributed by atoms with Gasteiger partial charge in [-0.15, -0.1) is 0 Å². The fourth-order valence-corrected chi connectivity index (χ4v) is 1.36. The van der Waals surface area contributed by atoms with Crippen LogP contribution >= 0.6 is 0 Å². The van der Waals surface area contributed by atoms with Crippen molar-refractivity contribution in [2.24, 2.45) is 7.05 Å². The fraction of sp³-hybridized carbons (Fsp3) is 0.571. The molecule has 5 heteroatoms. The summed E-state index contributed by atoms with van der Waals surface area (Å²) in [6.07, 6.45) is 5.03. The second kappa shape index (κ2) is 3.71. The molecule has 0 N–H and O–H groups in total. The molecule has 1 atom stereocenters. The summed E-state index contributed by atoms with van der Waals surface area (Å²) in [6.45, 7) is 0.531. The van der Waals surface area contributed by atoms with Crippen LogP contribution in [0.5, 0.6) is 0 Å². The molecule has 1 rings (SSSR count). The van der Waals surface area contributed by atoms with Crippen LogP contribution in [0, 0.1) is 0 Å². The second-order valence-corrected chi connectivity index (χ2v) is 4.22. The van der Waals surface area contributed by atoms with Crippen LogP contribution in [0.15, 0.2) is 17.2 Å². The molecular formula is C7H12N2O2S. The maximum atomic E-state index is 11.2. The summed E-state index contributed by atoms with van der Waals surface area (Å²) in [4.78, 5) is 11.2. The lowest BCUT2D eigenvalue weighted by Crippen LogP contribution is -2.23. The summed E-state index contributed by atoms with van der Waals surface area (Å²) in [5.41, 5.74) is -0.0551. The molecule has 0 aliphatic rings. The average molecular weight is 188 g/mol. The molecule has 12 heavy (non-hydrogen) atoms. The van der Waals surface area contributed by atoms with E-state index in [1.807, 2.05) is 0 Å². The maximum Gasteiger partial charge on any atom is 0.327 e. The van der Waals surface area contributed by atoms with E-state index in [0.29, 0.717) is 12.3 Å². The highest BCUT2D eigenvalue weighted by molar-refractivity contribution is 7.84. The van der Waals surface area contributed by atoms with Crippen molar-refractivity contribution < 1.29 is 4.21 Å². The van der Waals surface area contributed by atoms with E-state index < -0.39 is 10.8 Å². The predicted octanol–water partition coefficient (Wildman–Crippen LogP) is -0.435. The van der Waals surface area contributed by atoms with E-state index in [-0.39, 0.29) is 5.69 Å². The van der Waals surface area contributed by atoms with Crippen LogP contribution < -0.4 is 5.69 Å². The SMILES string of the molecule is Cn1ccn(CCS(C)=O)c1=O. The van der Waals surface area contributed by atoms with Crippen LogP contribution in [-0.4, -0.2) is 25.4 Å². The van der Waals surface area contributed by atoms with Crippen molar-refractivity contribution in [2.45, 2.75) is 6.54 Å². The standard InChI is InChI=1S/C7H12N2O2S/c1-8-3-4-9(7(8)10)5-6-12(2)11/h3-4H,5-6H2,1-2H3. The van der Waals surface area contributed by atoms with Crippen molar-refractivity contribution in [3.05, 3.63) is 22.9 Å². The highest BCUT2D eigenvalue weighted by Gasteiger charge is 1.99. The van der Waals surface area contributed by atoms with Gasteiger partial charge >= 0.3 is 5.69 Å². The first-order valence-corrected chi connectivity index (χ1v) is 5.36. The number of aromatic nitrogens is 2. The minimum absolute atomic E-state index is 0.0551. The van der Waals surface area contributed by atoms with Gasteiger partial charge in [0.1, 0.15) is 0 Å². The van der Waals surface area contributed by atoms with Gasteiger partial charge in [0.25, 0.3) is 0 Å². The number of rotatable bonds is 3. The molecule has 0 amide bonds. The highest BCUT2D eigenvalue weighted by atomic mass is 32.2. The van der Waals surface area contributed by atoms with Crippen LogP contribution in [-0.2, 0) is 24.4 Å². The maximum absolute atomic E-state index is 11.2. The lowest BCUT2D eigenvalue weighted by Gasteiger charge is -1.97. The van der Waals surface area contributed by atoms with Gasteiger partial charge in [0.2, 0.25) is 0 Å². The molecule has 0 aliphatic carbocycles. The molecule has 68 valence electrons. The number of nitrogens with zero attached hydrogens (tertiary/aromatic N) is 2. The van der Waals surface area contributed by atoms with E-state index in [0.717, 1.165) is 0 Å². The number of imidazole rings is 1. The third-order valence-corrected chi connectivity index (χ3v) is 2.39. The van der Waals surface area contributed by atoms with Gasteiger partial charge in [-0.25, -0.2) is 4.79 Å². The first kappa shape index (κ1) is 9.25. The Morgan fingerprint density at radius 1 is 1.50 bits per heavy atom. The van der Waals surface area contributed by atoms with E-state index in [1.165, 1.54) is 4.57 Å². The number of hydrogen-bond acceptors (Lipinski definition) is 2. The average Bonchev–Trinajstić information content (AvgIpc) is 2.30. The minimum Gasteiger partial charge on any atom is -0.302 e. The van der Waals surface area contributed by atoms with Crippen molar-refractivity contribution >= 4 is 10.8 Å². The van der Waals surface area contributed by atoms with E-state index in [1.54, 1.807) is 30.3 Å². The van der Waals surface area contributed by atoms with Gasteiger partial charge in [0.15, 0.2) is 0 Å². The Hall–Kier alpha value is -0.840. The molecule has 1 heterocycles. The van der Waals surface area contributed by atoms with Crippen molar-refractivity contribution in [3.8, 4) is 0 Å². The summed E-state index contributed by atoms with van der Waals surface area (Å²) < 4.78 is 13.8. The van der Waals surface area contributed by atoms with Gasteiger partial charge in [-0.2, -0.15) is 0 Å². The Bertz CT molecular complexity index is 339. The van der Waals surface area contributed by atoms with Crippen LogP contribution in [0.2, 0.25) is 0 Å². The Balaban J connectivity index is 2.70. The smallest absolute Gasteiger partial charge is 0.302 e. The third-order valence-electron chi connectivity index (χ3n) is 1.64. The normalized spacial score (nSPS) is 13.2. The van der Waals surface area contributed by atoms with E-state index >= 15 is 0 Å². The zero-order chi connectivity index (χ0) is 9.14. The summed E-state index contributed by atoms with van der Waals surface area (Å²) in [7, 11) is 0.862. The van der Waals surface area contributed by atoms with Gasteiger partial charge < -0.3 is 4.57 Å². The van der Waals surface area contributed by atoms with Gasteiger partial charge in [0.05, 0.1) is 0 Å². The van der Waals surface area contributed by atoms with E-state index in [2.05, 4.69) is 0 Å². The molecular weight excluding hydrogens is 176 g/mol. The molecule has 0 aromatic carbocycles. The molecule has 0 saturated heterocycles. The van der Waals surface area contributed by atoms with Gasteiger partial charge in [-0.1, -0.05) is 0 Å². The van der Waals surface area contributed by atoms with Crippen molar-refractivity contribution in [1.82, 2.24) is 9.13 Å². The van der Waals surface area contributed by atoms with Crippen LogP contribution in [0.3, 0.4) is 0 Å². The zero-order valence-electron chi connectivity index (χ0n) is 7.19. The first-order valence-electron chi connectivity index (χ1n) is 3.63. The predicted molar refractivity (Wildman–Crippen MR) is 48.6 cm³/mol. The summed E-state index contributed by atoms with van der Waals surface area (Å²) in [6, 6.07) is 0. The monoisotopic (exact) mass is 188 g/mol. The van der Waals surface area contributed by atoms with E-state index in [9.17, 15) is 9.00 Å². The van der Waals surface area contributed by atoms with Crippen molar-refractivity contribution in [1.29, 1.82) is 0 Å². The van der Waals surface area contributed by atoms with Gasteiger partial charge in [-0.3, -0.25) is 8.78 Å². The van der Waals surface area contributed by atoms with Gasteiger partial charge in [0, 0.05) is 48.8 Å². The number of hydrogen-bond donors (Lipinski definition) is 0. The molecule has 0 saturated carbocycles. The zero-order valence-corrected chi connectivity index (χ0v) is 8.00. The highest BCUT2D eigenvalue weighted by Crippen LogP contribution is 1.84. The third kappa shape index (κ3) is 2.07. The van der Waals surface area contributed by atoms with Crippen LogP contribution in [0.1, 0.15) is 0 Å². The Morgan fingerprint density at radius 2 is 2.17 bits per heavy atom. The number of aryl methyl sites for hydroxylation is 2.